The molecule has 0 aliphatic heterocycles. The lowest BCUT2D eigenvalue weighted by molar-refractivity contribution is -0.386. The van der Waals surface area contributed by atoms with Crippen molar-refractivity contribution in [1.82, 2.24) is 0 Å². The number of nitro groups is 1. The van der Waals surface area contributed by atoms with Crippen LogP contribution >= 0.6 is 12.4 Å². The first kappa shape index (κ1) is 14.6. The number of aromatic hydroxyl groups is 1. The Bertz CT molecular complexity index is 401. The van der Waals surface area contributed by atoms with Crippen molar-refractivity contribution in [1.29, 1.82) is 0 Å². The second-order valence-electron chi connectivity index (χ2n) is 3.13. The fourth-order valence-electron chi connectivity index (χ4n) is 1.25. The van der Waals surface area contributed by atoms with Gasteiger partial charge in [0.1, 0.15) is 5.82 Å². The van der Waals surface area contributed by atoms with Gasteiger partial charge in [-0.1, -0.05) is 6.92 Å². The van der Waals surface area contributed by atoms with Gasteiger partial charge >= 0.3 is 5.69 Å². The molecule has 1 atom stereocenters. The lowest BCUT2D eigenvalue weighted by atomic mass is 10.0. The molecule has 0 spiro atoms. The maximum Gasteiger partial charge on any atom is 0.313 e. The Morgan fingerprint density at radius 3 is 2.62 bits per heavy atom. The summed E-state index contributed by atoms with van der Waals surface area (Å²) in [7, 11) is 0. The third-order valence-electron chi connectivity index (χ3n) is 2.12. The van der Waals surface area contributed by atoms with E-state index in [0.717, 1.165) is 6.07 Å². The van der Waals surface area contributed by atoms with E-state index in [1.165, 1.54) is 0 Å². The van der Waals surface area contributed by atoms with E-state index in [0.29, 0.717) is 12.5 Å². The highest BCUT2D eigenvalue weighted by Gasteiger charge is 2.21. The molecule has 0 saturated carbocycles. The quantitative estimate of drug-likeness (QED) is 0.636. The van der Waals surface area contributed by atoms with E-state index in [4.69, 9.17) is 5.73 Å². The van der Waals surface area contributed by atoms with Gasteiger partial charge in [-0.05, 0) is 12.5 Å². The van der Waals surface area contributed by atoms with Crippen LogP contribution in [0.15, 0.2) is 12.1 Å². The van der Waals surface area contributed by atoms with Crippen LogP contribution in [-0.2, 0) is 0 Å². The average molecular weight is 251 g/mol. The monoisotopic (exact) mass is 250 g/mol. The van der Waals surface area contributed by atoms with Gasteiger partial charge in [-0.3, -0.25) is 10.1 Å². The molecule has 0 bridgehead atoms. The fourth-order valence-corrected chi connectivity index (χ4v) is 1.25. The summed E-state index contributed by atoms with van der Waals surface area (Å²) in [5, 5.41) is 20.0. The number of hydrogen-bond donors (Lipinski definition) is 2. The fraction of sp³-hybridized carbons (Fsp3) is 0.333. The predicted octanol–water partition coefficient (Wildman–Crippen LogP) is 2.27. The molecule has 0 aliphatic carbocycles. The summed E-state index contributed by atoms with van der Waals surface area (Å²) in [6.07, 6.45) is 0.453. The maximum absolute atomic E-state index is 13.0. The molecule has 3 N–H and O–H groups in total. The van der Waals surface area contributed by atoms with E-state index < -0.39 is 28.2 Å². The molecule has 1 rings (SSSR count). The zero-order valence-electron chi connectivity index (χ0n) is 8.51. The summed E-state index contributed by atoms with van der Waals surface area (Å²) in [6.45, 7) is 1.74. The van der Waals surface area contributed by atoms with E-state index in [9.17, 15) is 19.6 Å². The number of nitrogens with two attached hydrogens (primary N) is 1. The largest absolute Gasteiger partial charge is 0.502 e. The van der Waals surface area contributed by atoms with Crippen LogP contribution in [0.5, 0.6) is 5.75 Å². The molecular formula is C9H12ClFN2O3. The van der Waals surface area contributed by atoms with E-state index in [2.05, 4.69) is 0 Å². The van der Waals surface area contributed by atoms with Gasteiger partial charge in [-0.2, -0.15) is 0 Å². The molecule has 0 aliphatic rings. The van der Waals surface area contributed by atoms with E-state index in [1.807, 2.05) is 0 Å². The molecule has 7 heteroatoms. The number of phenolic OH excluding ortho intramolecular Hbond substituents is 1. The van der Waals surface area contributed by atoms with Gasteiger partial charge < -0.3 is 10.8 Å². The average Bonchev–Trinajstić information content (AvgIpc) is 2.19. The van der Waals surface area contributed by atoms with Gasteiger partial charge in [0.2, 0.25) is 0 Å². The molecule has 0 radical (unpaired) electrons. The molecule has 0 saturated heterocycles. The van der Waals surface area contributed by atoms with Gasteiger partial charge in [0.25, 0.3) is 0 Å². The lowest BCUT2D eigenvalue weighted by Gasteiger charge is -2.11. The molecule has 5 nitrogen and oxygen atoms in total. The summed E-state index contributed by atoms with van der Waals surface area (Å²) >= 11 is 0. The first-order chi connectivity index (χ1) is 6.97. The van der Waals surface area contributed by atoms with Gasteiger partial charge in [0.15, 0.2) is 5.75 Å². The van der Waals surface area contributed by atoms with Crippen LogP contribution < -0.4 is 5.73 Å². The topological polar surface area (TPSA) is 89.4 Å². The SMILES string of the molecule is CC[C@@H](N)c1cc(F)cc([N+](=O)[O-])c1O.Cl. The number of nitro benzene ring substituents is 1. The highest BCUT2D eigenvalue weighted by Crippen LogP contribution is 2.34. The van der Waals surface area contributed by atoms with E-state index in [1.54, 1.807) is 6.92 Å². The first-order valence-corrected chi connectivity index (χ1v) is 4.39. The van der Waals surface area contributed by atoms with Crippen LogP contribution in [0.1, 0.15) is 24.9 Å². The van der Waals surface area contributed by atoms with E-state index in [-0.39, 0.29) is 18.0 Å². The molecule has 1 aromatic rings. The second-order valence-corrected chi connectivity index (χ2v) is 3.13. The van der Waals surface area contributed by atoms with Gasteiger partial charge in [0.05, 0.1) is 11.0 Å². The second kappa shape index (κ2) is 5.62. The number of rotatable bonds is 3. The van der Waals surface area contributed by atoms with Gasteiger partial charge in [-0.25, -0.2) is 4.39 Å². The van der Waals surface area contributed by atoms with Crippen molar-refractivity contribution in [2.45, 2.75) is 19.4 Å². The summed E-state index contributed by atoms with van der Waals surface area (Å²) in [5.41, 5.74) is 4.98. The van der Waals surface area contributed by atoms with Crippen molar-refractivity contribution < 1.29 is 14.4 Å². The summed E-state index contributed by atoms with van der Waals surface area (Å²) in [4.78, 5) is 9.63. The van der Waals surface area contributed by atoms with Crippen LogP contribution in [0, 0.1) is 15.9 Å². The molecule has 0 unspecified atom stereocenters. The number of benzene rings is 1. The number of halogens is 2. The summed E-state index contributed by atoms with van der Waals surface area (Å²) < 4.78 is 13.0. The third kappa shape index (κ3) is 2.80. The molecule has 1 aromatic carbocycles. The first-order valence-electron chi connectivity index (χ1n) is 4.39. The summed E-state index contributed by atoms with van der Waals surface area (Å²) in [5.74, 6) is -1.34. The molecule has 0 heterocycles. The number of hydrogen-bond acceptors (Lipinski definition) is 4. The molecular weight excluding hydrogens is 239 g/mol. The normalized spacial score (nSPS) is 11.7. The van der Waals surface area contributed by atoms with Crippen molar-refractivity contribution in [2.24, 2.45) is 5.73 Å². The van der Waals surface area contributed by atoms with Crippen LogP contribution in [0.3, 0.4) is 0 Å². The molecule has 0 amide bonds. The van der Waals surface area contributed by atoms with Crippen molar-refractivity contribution in [2.75, 3.05) is 0 Å². The molecule has 0 aromatic heterocycles. The minimum absolute atomic E-state index is 0. The Kier molecular flexibility index (Phi) is 5.13. The zero-order valence-corrected chi connectivity index (χ0v) is 9.33. The van der Waals surface area contributed by atoms with Crippen molar-refractivity contribution in [3.05, 3.63) is 33.6 Å². The third-order valence-corrected chi connectivity index (χ3v) is 2.12. The van der Waals surface area contributed by atoms with Crippen LogP contribution in [0.25, 0.3) is 0 Å². The van der Waals surface area contributed by atoms with Crippen LogP contribution in [0.4, 0.5) is 10.1 Å². The number of nitrogens with zero attached hydrogens (tertiary/aromatic N) is 1. The lowest BCUT2D eigenvalue weighted by Crippen LogP contribution is -2.10. The highest BCUT2D eigenvalue weighted by molar-refractivity contribution is 5.85. The Labute approximate surface area is 97.6 Å². The van der Waals surface area contributed by atoms with Gasteiger partial charge in [-0.15, -0.1) is 12.4 Å². The predicted molar refractivity (Wildman–Crippen MR) is 59.2 cm³/mol. The zero-order chi connectivity index (χ0) is 11.6. The van der Waals surface area contributed by atoms with Gasteiger partial charge in [0, 0.05) is 11.6 Å². The van der Waals surface area contributed by atoms with Crippen molar-refractivity contribution in [3.63, 3.8) is 0 Å². The smallest absolute Gasteiger partial charge is 0.313 e. The Morgan fingerprint density at radius 1 is 1.62 bits per heavy atom. The summed E-state index contributed by atoms with van der Waals surface area (Å²) in [6, 6.07) is 1.07. The van der Waals surface area contributed by atoms with E-state index >= 15 is 0 Å². The minimum atomic E-state index is -0.843. The Hall–Kier alpha value is -1.40. The molecule has 16 heavy (non-hydrogen) atoms. The Balaban J connectivity index is 0.00000225. The van der Waals surface area contributed by atoms with Crippen LogP contribution in [0.2, 0.25) is 0 Å². The minimum Gasteiger partial charge on any atom is -0.502 e. The van der Waals surface area contributed by atoms with Crippen LogP contribution in [-0.4, -0.2) is 10.0 Å². The molecule has 0 fully saturated rings. The van der Waals surface area contributed by atoms with Crippen molar-refractivity contribution >= 4 is 18.1 Å². The molecule has 90 valence electrons. The number of phenols is 1. The maximum atomic E-state index is 13.0. The highest BCUT2D eigenvalue weighted by atomic mass is 35.5. The van der Waals surface area contributed by atoms with Crippen molar-refractivity contribution in [3.8, 4) is 5.75 Å². The standard InChI is InChI=1S/C9H11FN2O3.ClH/c1-2-7(11)6-3-5(10)4-8(9(6)13)12(14)15;/h3-4,7,13H,2,11H2,1H3;1H/t7-;/m1./s1. The Morgan fingerprint density at radius 2 is 2.19 bits per heavy atom.